The maximum absolute atomic E-state index is 2.46. The number of fused-ring (bicyclic) bond motifs is 7. The molecule has 12 rings (SSSR count). The van der Waals surface area contributed by atoms with Crippen molar-refractivity contribution in [1.29, 1.82) is 0 Å². The quantitative estimate of drug-likeness (QED) is 0.156. The van der Waals surface area contributed by atoms with Crippen molar-refractivity contribution in [3.63, 3.8) is 0 Å². The van der Waals surface area contributed by atoms with Gasteiger partial charge in [0, 0.05) is 59.0 Å². The summed E-state index contributed by atoms with van der Waals surface area (Å²) in [6.45, 7) is 0. The van der Waals surface area contributed by atoms with Gasteiger partial charge in [0.15, 0.2) is 0 Å². The van der Waals surface area contributed by atoms with Crippen LogP contribution in [0, 0.1) is 0 Å². The predicted molar refractivity (Wildman–Crippen MR) is 262 cm³/mol. The highest BCUT2D eigenvalue weighted by Gasteiger charge is 2.20. The first-order valence-corrected chi connectivity index (χ1v) is 21.6. The molecule has 10 aromatic carbocycles. The third kappa shape index (κ3) is 6.01. The first-order valence-electron chi connectivity index (χ1n) is 20.8. The summed E-state index contributed by atoms with van der Waals surface area (Å²) in [6.07, 6.45) is 0. The van der Waals surface area contributed by atoms with Gasteiger partial charge in [-0.1, -0.05) is 164 Å². The Labute approximate surface area is 358 Å². The van der Waals surface area contributed by atoms with E-state index in [0.717, 1.165) is 22.7 Å². The summed E-state index contributed by atoms with van der Waals surface area (Å²) < 4.78 is 5.06. The topological polar surface area (TPSA) is 8.17 Å². The number of aromatic nitrogens is 1. The van der Waals surface area contributed by atoms with Crippen LogP contribution in [0.4, 0.5) is 17.1 Å². The lowest BCUT2D eigenvalue weighted by Crippen LogP contribution is -2.10. The van der Waals surface area contributed by atoms with Gasteiger partial charge >= 0.3 is 0 Å². The van der Waals surface area contributed by atoms with Gasteiger partial charge in [-0.3, -0.25) is 0 Å². The fourth-order valence-corrected chi connectivity index (χ4v) is 10.5. The molecule has 0 amide bonds. The van der Waals surface area contributed by atoms with Crippen LogP contribution < -0.4 is 4.90 Å². The number of thiophene rings is 1. The molecule has 0 aliphatic carbocycles. The molecule has 2 heterocycles. The summed E-state index contributed by atoms with van der Waals surface area (Å²) >= 11 is 1.88. The molecule has 0 N–H and O–H groups in total. The van der Waals surface area contributed by atoms with Gasteiger partial charge in [0.2, 0.25) is 0 Å². The molecule has 12 aromatic rings. The van der Waals surface area contributed by atoms with Crippen LogP contribution in [-0.2, 0) is 0 Å². The molecule has 0 aliphatic rings. The average Bonchev–Trinajstić information content (AvgIpc) is 3.88. The SMILES string of the molecule is c1ccc(-c2ccc(N(c3ccc(-c4cc(-n5c6ccccc6c6cc(-c7ccccc7)ccc65)cc5c4sc4ccccc45)cc3)c3cccc4ccccc34)cc2)cc1. The molecule has 0 unspecified atom stereocenters. The lowest BCUT2D eigenvalue weighted by molar-refractivity contribution is 1.19. The molecule has 3 heteroatoms. The van der Waals surface area contributed by atoms with Crippen molar-refractivity contribution in [1.82, 2.24) is 4.57 Å². The predicted octanol–water partition coefficient (Wildman–Crippen LogP) is 16.8. The van der Waals surface area contributed by atoms with E-state index in [0.29, 0.717) is 0 Å². The van der Waals surface area contributed by atoms with Crippen LogP contribution in [-0.4, -0.2) is 4.57 Å². The van der Waals surface area contributed by atoms with Crippen LogP contribution in [0.1, 0.15) is 0 Å². The van der Waals surface area contributed by atoms with E-state index in [4.69, 9.17) is 0 Å². The van der Waals surface area contributed by atoms with Crippen LogP contribution in [0.3, 0.4) is 0 Å². The van der Waals surface area contributed by atoms with Crippen molar-refractivity contribution >= 4 is 81.1 Å². The lowest BCUT2D eigenvalue weighted by Gasteiger charge is -2.27. The minimum Gasteiger partial charge on any atom is -0.310 e. The highest BCUT2D eigenvalue weighted by molar-refractivity contribution is 7.26. The normalized spacial score (nSPS) is 11.6. The molecule has 0 saturated heterocycles. The van der Waals surface area contributed by atoms with E-state index in [1.807, 2.05) is 11.3 Å². The average molecular weight is 795 g/mol. The van der Waals surface area contributed by atoms with E-state index in [-0.39, 0.29) is 0 Å². The minimum atomic E-state index is 1.10. The zero-order valence-electron chi connectivity index (χ0n) is 33.2. The molecule has 0 spiro atoms. The van der Waals surface area contributed by atoms with E-state index < -0.39 is 0 Å². The van der Waals surface area contributed by atoms with Crippen molar-refractivity contribution in [3.8, 4) is 39.1 Å². The van der Waals surface area contributed by atoms with Gasteiger partial charge in [-0.15, -0.1) is 11.3 Å². The molecular weight excluding hydrogens is 757 g/mol. The number of benzene rings is 10. The molecule has 0 saturated carbocycles. The van der Waals surface area contributed by atoms with Crippen LogP contribution in [0.5, 0.6) is 0 Å². The Hall–Kier alpha value is -7.72. The Morgan fingerprint density at radius 1 is 0.344 bits per heavy atom. The van der Waals surface area contributed by atoms with Crippen molar-refractivity contribution < 1.29 is 0 Å². The number of hydrogen-bond donors (Lipinski definition) is 0. The second-order valence-corrected chi connectivity index (χ2v) is 16.8. The lowest BCUT2D eigenvalue weighted by atomic mass is 10.00. The largest absolute Gasteiger partial charge is 0.310 e. The maximum Gasteiger partial charge on any atom is 0.0541 e. The number of rotatable bonds is 7. The Morgan fingerprint density at radius 3 is 1.66 bits per heavy atom. The second kappa shape index (κ2) is 14.5. The Bertz CT molecular complexity index is 3560. The number of para-hydroxylation sites is 1. The molecule has 61 heavy (non-hydrogen) atoms. The standard InChI is InChI=1S/C58H38N2S/c1-3-14-39(15-4-1)41-26-31-45(32-27-41)59(54-24-13-19-42-18-7-8-20-48(42)54)46-33-28-43(29-34-46)51-37-47(38-53-50-22-10-12-25-57(50)61-58(51)53)60-55-23-11-9-21-49(55)52-36-44(30-35-56(52)60)40-16-5-2-6-17-40/h1-38H. The molecule has 0 atom stereocenters. The highest BCUT2D eigenvalue weighted by Crippen LogP contribution is 2.45. The highest BCUT2D eigenvalue weighted by atomic mass is 32.1. The van der Waals surface area contributed by atoms with Crippen LogP contribution in [0.15, 0.2) is 231 Å². The number of anilines is 3. The van der Waals surface area contributed by atoms with Crippen LogP contribution in [0.25, 0.3) is 91.8 Å². The van der Waals surface area contributed by atoms with Crippen molar-refractivity contribution in [2.24, 2.45) is 0 Å². The summed E-state index contributed by atoms with van der Waals surface area (Å²) in [6, 6.07) is 84.1. The fourth-order valence-electron chi connectivity index (χ4n) is 9.27. The Kier molecular flexibility index (Phi) is 8.39. The van der Waals surface area contributed by atoms with Crippen LogP contribution in [0.2, 0.25) is 0 Å². The van der Waals surface area contributed by atoms with E-state index in [9.17, 15) is 0 Å². The molecule has 0 radical (unpaired) electrons. The summed E-state index contributed by atoms with van der Waals surface area (Å²) in [4.78, 5) is 2.40. The van der Waals surface area contributed by atoms with E-state index in [1.54, 1.807) is 0 Å². The second-order valence-electron chi connectivity index (χ2n) is 15.7. The summed E-state index contributed by atoms with van der Waals surface area (Å²) in [7, 11) is 0. The van der Waals surface area contributed by atoms with E-state index in [1.165, 1.54) is 86.1 Å². The fraction of sp³-hybridized carbons (Fsp3) is 0. The maximum atomic E-state index is 2.46. The molecule has 286 valence electrons. The molecule has 0 bridgehead atoms. The third-order valence-corrected chi connectivity index (χ3v) is 13.4. The van der Waals surface area contributed by atoms with Crippen molar-refractivity contribution in [3.05, 3.63) is 231 Å². The van der Waals surface area contributed by atoms with Crippen molar-refractivity contribution in [2.45, 2.75) is 0 Å². The summed E-state index contributed by atoms with van der Waals surface area (Å²) in [5.74, 6) is 0. The molecule has 2 aromatic heterocycles. The van der Waals surface area contributed by atoms with Gasteiger partial charge in [-0.05, 0) is 99.9 Å². The molecule has 2 nitrogen and oxygen atoms in total. The van der Waals surface area contributed by atoms with Crippen LogP contribution >= 0.6 is 11.3 Å². The minimum absolute atomic E-state index is 1.10. The van der Waals surface area contributed by atoms with Gasteiger partial charge in [0.25, 0.3) is 0 Å². The first-order chi connectivity index (χ1) is 30.2. The van der Waals surface area contributed by atoms with Gasteiger partial charge in [-0.25, -0.2) is 0 Å². The summed E-state index contributed by atoms with van der Waals surface area (Å²) in [5.41, 5.74) is 14.2. The van der Waals surface area contributed by atoms with Gasteiger partial charge < -0.3 is 9.47 Å². The molecular formula is C58H38N2S. The third-order valence-electron chi connectivity index (χ3n) is 12.2. The molecule has 0 aliphatic heterocycles. The molecule has 0 fully saturated rings. The van der Waals surface area contributed by atoms with Gasteiger partial charge in [0.05, 0.1) is 16.7 Å². The zero-order chi connectivity index (χ0) is 40.3. The van der Waals surface area contributed by atoms with Crippen molar-refractivity contribution in [2.75, 3.05) is 4.90 Å². The Morgan fingerprint density at radius 2 is 0.902 bits per heavy atom. The summed E-state index contributed by atoms with van der Waals surface area (Å²) in [5, 5.41) is 7.50. The first kappa shape index (κ1) is 35.2. The number of nitrogens with zero attached hydrogens (tertiary/aromatic N) is 2. The monoisotopic (exact) mass is 794 g/mol. The zero-order valence-corrected chi connectivity index (χ0v) is 34.1. The van der Waals surface area contributed by atoms with Gasteiger partial charge in [0.1, 0.15) is 0 Å². The smallest absolute Gasteiger partial charge is 0.0541 e. The van der Waals surface area contributed by atoms with E-state index in [2.05, 4.69) is 240 Å². The number of hydrogen-bond acceptors (Lipinski definition) is 2. The Balaban J connectivity index is 1.03. The van der Waals surface area contributed by atoms with E-state index >= 15 is 0 Å². The van der Waals surface area contributed by atoms with Gasteiger partial charge in [-0.2, -0.15) is 0 Å².